The summed E-state index contributed by atoms with van der Waals surface area (Å²) in [6.45, 7) is 0.365. The average Bonchev–Trinajstić information content (AvgIpc) is 2.96. The van der Waals surface area contributed by atoms with Crippen LogP contribution in [-0.4, -0.2) is 34.1 Å². The molecule has 3 rings (SSSR count). The minimum atomic E-state index is -0.472. The molecule has 0 N–H and O–H groups in total. The van der Waals surface area contributed by atoms with Gasteiger partial charge in [0.25, 0.3) is 16.8 Å². The molecular weight excluding hydrogens is 380 g/mol. The van der Waals surface area contributed by atoms with E-state index in [0.29, 0.717) is 16.2 Å². The van der Waals surface area contributed by atoms with Crippen LogP contribution < -0.4 is 4.74 Å². The molecule has 1 saturated heterocycles. The lowest BCUT2D eigenvalue weighted by molar-refractivity contribution is -0.384. The Kier molecular flexibility index (Phi) is 6.23. The normalized spacial score (nSPS) is 15.6. The fourth-order valence-electron chi connectivity index (χ4n) is 2.47. The number of nitro benzene ring substituents is 1. The number of imide groups is 1. The number of nitro groups is 1. The van der Waals surface area contributed by atoms with Crippen LogP contribution in [0.25, 0.3) is 6.08 Å². The van der Waals surface area contributed by atoms with E-state index in [-0.39, 0.29) is 30.0 Å². The molecule has 7 nitrogen and oxygen atoms in total. The summed E-state index contributed by atoms with van der Waals surface area (Å²) in [7, 11) is 0. The number of benzene rings is 2. The van der Waals surface area contributed by atoms with Gasteiger partial charge in [-0.2, -0.15) is 0 Å². The SMILES string of the molecule is O=C1S/C(=C\C=C\c2cccc([N+](=O)[O-])c2)C(=O)N1CCOc1ccccc1. The summed E-state index contributed by atoms with van der Waals surface area (Å²) in [4.78, 5) is 36.2. The number of non-ortho nitro benzene ring substituents is 1. The van der Waals surface area contributed by atoms with Crippen LogP contribution in [0, 0.1) is 10.1 Å². The molecule has 28 heavy (non-hydrogen) atoms. The molecule has 0 unspecified atom stereocenters. The number of ether oxygens (including phenoxy) is 1. The van der Waals surface area contributed by atoms with Crippen LogP contribution in [0.15, 0.2) is 71.7 Å². The van der Waals surface area contributed by atoms with Gasteiger partial charge >= 0.3 is 0 Å². The van der Waals surface area contributed by atoms with E-state index in [1.54, 1.807) is 36.4 Å². The van der Waals surface area contributed by atoms with Crippen LogP contribution in [0.5, 0.6) is 5.75 Å². The summed E-state index contributed by atoms with van der Waals surface area (Å²) in [5, 5.41) is 10.4. The molecule has 142 valence electrons. The lowest BCUT2D eigenvalue weighted by atomic mass is 10.2. The third-order valence-electron chi connectivity index (χ3n) is 3.82. The van der Waals surface area contributed by atoms with E-state index in [1.807, 2.05) is 18.2 Å². The van der Waals surface area contributed by atoms with Crippen molar-refractivity contribution in [1.29, 1.82) is 0 Å². The molecular formula is C20H16N2O5S. The maximum Gasteiger partial charge on any atom is 0.293 e. The first-order chi connectivity index (χ1) is 13.5. The van der Waals surface area contributed by atoms with Gasteiger partial charge in [-0.25, -0.2) is 0 Å². The van der Waals surface area contributed by atoms with E-state index < -0.39 is 4.92 Å². The molecule has 1 aliphatic rings. The van der Waals surface area contributed by atoms with Gasteiger partial charge in [-0.3, -0.25) is 24.6 Å². The summed E-state index contributed by atoms with van der Waals surface area (Å²) in [6.07, 6.45) is 4.76. The number of hydrogen-bond donors (Lipinski definition) is 0. The maximum absolute atomic E-state index is 12.4. The topological polar surface area (TPSA) is 89.8 Å². The first-order valence-electron chi connectivity index (χ1n) is 8.39. The van der Waals surface area contributed by atoms with Crippen LogP contribution in [0.1, 0.15) is 5.56 Å². The zero-order chi connectivity index (χ0) is 19.9. The maximum atomic E-state index is 12.4. The summed E-state index contributed by atoms with van der Waals surface area (Å²) in [5.41, 5.74) is 0.613. The van der Waals surface area contributed by atoms with Crippen molar-refractivity contribution in [2.24, 2.45) is 0 Å². The zero-order valence-electron chi connectivity index (χ0n) is 14.7. The van der Waals surface area contributed by atoms with Crippen LogP contribution >= 0.6 is 11.8 Å². The smallest absolute Gasteiger partial charge is 0.293 e. The summed E-state index contributed by atoms with van der Waals surface area (Å²) in [5.74, 6) is 0.292. The number of allylic oxidation sites excluding steroid dienone is 2. The quantitative estimate of drug-likeness (QED) is 0.394. The second-order valence-electron chi connectivity index (χ2n) is 5.73. The number of amides is 2. The molecule has 2 aromatic rings. The van der Waals surface area contributed by atoms with E-state index in [2.05, 4.69) is 0 Å². The number of rotatable bonds is 7. The van der Waals surface area contributed by atoms with E-state index in [1.165, 1.54) is 18.2 Å². The van der Waals surface area contributed by atoms with Crippen LogP contribution in [0.4, 0.5) is 10.5 Å². The fourth-order valence-corrected chi connectivity index (χ4v) is 3.28. The van der Waals surface area contributed by atoms with Crippen molar-refractivity contribution in [2.45, 2.75) is 0 Å². The number of thioether (sulfide) groups is 1. The van der Waals surface area contributed by atoms with Gasteiger partial charge in [0, 0.05) is 12.1 Å². The molecule has 0 bridgehead atoms. The highest BCUT2D eigenvalue weighted by Crippen LogP contribution is 2.30. The molecule has 0 radical (unpaired) electrons. The Morgan fingerprint density at radius 1 is 1.11 bits per heavy atom. The third-order valence-corrected chi connectivity index (χ3v) is 4.74. The van der Waals surface area contributed by atoms with Gasteiger partial charge in [-0.15, -0.1) is 0 Å². The molecule has 0 aromatic heterocycles. The van der Waals surface area contributed by atoms with Gasteiger partial charge in [0.05, 0.1) is 16.4 Å². The number of hydrogen-bond acceptors (Lipinski definition) is 6. The lowest BCUT2D eigenvalue weighted by Gasteiger charge is -2.13. The molecule has 2 aromatic carbocycles. The van der Waals surface area contributed by atoms with Crippen LogP contribution in [0.3, 0.4) is 0 Å². The molecule has 0 saturated carbocycles. The molecule has 1 aliphatic heterocycles. The van der Waals surface area contributed by atoms with Crippen molar-refractivity contribution >= 4 is 34.7 Å². The Balaban J connectivity index is 1.59. The summed E-state index contributed by atoms with van der Waals surface area (Å²) >= 11 is 0.855. The van der Waals surface area contributed by atoms with E-state index in [4.69, 9.17) is 4.74 Å². The van der Waals surface area contributed by atoms with Crippen molar-refractivity contribution in [3.8, 4) is 5.75 Å². The Morgan fingerprint density at radius 3 is 2.64 bits per heavy atom. The Labute approximate surface area is 165 Å². The minimum Gasteiger partial charge on any atom is -0.492 e. The predicted octanol–water partition coefficient (Wildman–Crippen LogP) is 4.27. The van der Waals surface area contributed by atoms with Gasteiger partial charge < -0.3 is 4.74 Å². The second-order valence-corrected chi connectivity index (χ2v) is 6.72. The van der Waals surface area contributed by atoms with Crippen LogP contribution in [-0.2, 0) is 4.79 Å². The number of para-hydroxylation sites is 1. The zero-order valence-corrected chi connectivity index (χ0v) is 15.5. The molecule has 1 fully saturated rings. The standard InChI is InChI=1S/C20H16N2O5S/c23-19-18(11-5-7-15-6-4-8-16(14-15)22(25)26)28-20(24)21(19)12-13-27-17-9-2-1-3-10-17/h1-11,14H,12-13H2/b7-5+,18-11-. The monoisotopic (exact) mass is 396 g/mol. The summed E-state index contributed by atoms with van der Waals surface area (Å²) < 4.78 is 5.53. The van der Waals surface area contributed by atoms with Crippen molar-refractivity contribution in [2.75, 3.05) is 13.2 Å². The van der Waals surface area contributed by atoms with Gasteiger partial charge in [0.1, 0.15) is 12.4 Å². The molecule has 8 heteroatoms. The molecule has 1 heterocycles. The van der Waals surface area contributed by atoms with E-state index in [9.17, 15) is 19.7 Å². The first-order valence-corrected chi connectivity index (χ1v) is 9.20. The molecule has 0 atom stereocenters. The highest BCUT2D eigenvalue weighted by atomic mass is 32.2. The largest absolute Gasteiger partial charge is 0.492 e. The number of carbonyl (C=O) groups excluding carboxylic acids is 2. The van der Waals surface area contributed by atoms with E-state index >= 15 is 0 Å². The predicted molar refractivity (Wildman–Crippen MR) is 107 cm³/mol. The molecule has 0 spiro atoms. The Bertz CT molecular complexity index is 956. The fraction of sp³-hybridized carbons (Fsp3) is 0.100. The number of nitrogens with zero attached hydrogens (tertiary/aromatic N) is 2. The highest BCUT2D eigenvalue weighted by Gasteiger charge is 2.34. The van der Waals surface area contributed by atoms with Crippen molar-refractivity contribution in [3.63, 3.8) is 0 Å². The van der Waals surface area contributed by atoms with Crippen molar-refractivity contribution in [1.82, 2.24) is 4.90 Å². The Morgan fingerprint density at radius 2 is 1.89 bits per heavy atom. The van der Waals surface area contributed by atoms with Crippen molar-refractivity contribution in [3.05, 3.63) is 87.3 Å². The highest BCUT2D eigenvalue weighted by molar-refractivity contribution is 8.18. The van der Waals surface area contributed by atoms with Gasteiger partial charge in [0.15, 0.2) is 0 Å². The molecule has 0 aliphatic carbocycles. The molecule has 2 amide bonds. The van der Waals surface area contributed by atoms with Gasteiger partial charge in [-0.1, -0.05) is 42.5 Å². The Hall–Kier alpha value is -3.39. The number of carbonyl (C=O) groups is 2. The summed E-state index contributed by atoms with van der Waals surface area (Å²) in [6, 6.07) is 15.3. The van der Waals surface area contributed by atoms with Crippen LogP contribution in [0.2, 0.25) is 0 Å². The lowest BCUT2D eigenvalue weighted by Crippen LogP contribution is -2.32. The third kappa shape index (κ3) is 4.86. The van der Waals surface area contributed by atoms with Gasteiger partial charge in [0.2, 0.25) is 0 Å². The first kappa shape index (κ1) is 19.4. The van der Waals surface area contributed by atoms with Gasteiger partial charge in [-0.05, 0) is 35.5 Å². The minimum absolute atomic E-state index is 0.0131. The second kappa shape index (κ2) is 9.01. The van der Waals surface area contributed by atoms with E-state index in [0.717, 1.165) is 16.7 Å². The average molecular weight is 396 g/mol. The van der Waals surface area contributed by atoms with Crippen molar-refractivity contribution < 1.29 is 19.2 Å².